The highest BCUT2D eigenvalue weighted by molar-refractivity contribution is 5.29. The average molecular weight is 291 g/mol. The van der Waals surface area contributed by atoms with Crippen LogP contribution in [0.15, 0.2) is 28.7 Å². The molecule has 0 radical (unpaired) electrons. The molecule has 1 heterocycles. The molecule has 114 valence electrons. The molecule has 0 saturated carbocycles. The normalized spacial score (nSPS) is 10.9. The van der Waals surface area contributed by atoms with Crippen LogP contribution in [0.3, 0.4) is 0 Å². The van der Waals surface area contributed by atoms with Crippen molar-refractivity contribution in [2.45, 2.75) is 40.3 Å². The van der Waals surface area contributed by atoms with Crippen molar-refractivity contribution in [2.75, 3.05) is 6.54 Å². The Morgan fingerprint density at radius 3 is 2.81 bits per heavy atom. The summed E-state index contributed by atoms with van der Waals surface area (Å²) in [5, 5.41) is 3.34. The van der Waals surface area contributed by atoms with Crippen LogP contribution in [0.1, 0.15) is 36.0 Å². The zero-order valence-corrected chi connectivity index (χ0v) is 12.8. The third-order valence-electron chi connectivity index (χ3n) is 3.27. The van der Waals surface area contributed by atoms with Crippen molar-refractivity contribution in [2.24, 2.45) is 0 Å². The number of hydrogen-bond acceptors (Lipinski definition) is 3. The Labute approximate surface area is 125 Å². The summed E-state index contributed by atoms with van der Waals surface area (Å²) in [6.45, 7) is 7.95. The van der Waals surface area contributed by atoms with Gasteiger partial charge in [0.15, 0.2) is 11.6 Å². The Morgan fingerprint density at radius 1 is 1.24 bits per heavy atom. The average Bonchev–Trinajstić information content (AvgIpc) is 2.81. The highest BCUT2D eigenvalue weighted by Gasteiger charge is 2.09. The summed E-state index contributed by atoms with van der Waals surface area (Å²) in [5.41, 5.74) is 2.08. The fourth-order valence-corrected chi connectivity index (χ4v) is 2.10. The first-order valence-electron chi connectivity index (χ1n) is 7.28. The maximum atomic E-state index is 13.6. The predicted molar refractivity (Wildman–Crippen MR) is 80.9 cm³/mol. The highest BCUT2D eigenvalue weighted by atomic mass is 19.1. The summed E-state index contributed by atoms with van der Waals surface area (Å²) in [6.07, 6.45) is 1.10. The van der Waals surface area contributed by atoms with Crippen LogP contribution in [0.2, 0.25) is 0 Å². The molecule has 0 aliphatic carbocycles. The molecule has 0 fully saturated rings. The molecule has 0 aliphatic rings. The number of hydrogen-bond donors (Lipinski definition) is 1. The lowest BCUT2D eigenvalue weighted by Gasteiger charge is -2.06. The number of halogens is 1. The molecule has 2 rings (SSSR count). The van der Waals surface area contributed by atoms with Gasteiger partial charge in [-0.05, 0) is 50.6 Å². The van der Waals surface area contributed by atoms with Gasteiger partial charge in [-0.1, -0.05) is 13.0 Å². The molecule has 0 aliphatic heterocycles. The molecule has 21 heavy (non-hydrogen) atoms. The van der Waals surface area contributed by atoms with Crippen LogP contribution in [-0.2, 0) is 13.2 Å². The molecule has 0 spiro atoms. The molecular formula is C17H22FNO2. The van der Waals surface area contributed by atoms with E-state index in [0.29, 0.717) is 5.76 Å². The quantitative estimate of drug-likeness (QED) is 0.779. The number of furan rings is 1. The van der Waals surface area contributed by atoms with Gasteiger partial charge >= 0.3 is 0 Å². The standard InChI is InChI=1S/C17H22FNO2/c1-4-7-19-10-14-9-15(21-13(14)3)11-20-17-8-12(2)5-6-16(17)18/h5-6,8-9,19H,4,7,10-11H2,1-3H3. The van der Waals surface area contributed by atoms with Crippen molar-refractivity contribution in [3.8, 4) is 5.75 Å². The Hall–Kier alpha value is -1.81. The molecule has 1 aromatic heterocycles. The fourth-order valence-electron chi connectivity index (χ4n) is 2.10. The minimum Gasteiger partial charge on any atom is -0.483 e. The predicted octanol–water partition coefficient (Wildman–Crippen LogP) is 4.11. The Bertz CT molecular complexity index is 592. The highest BCUT2D eigenvalue weighted by Crippen LogP contribution is 2.21. The van der Waals surface area contributed by atoms with Crippen LogP contribution < -0.4 is 10.1 Å². The fraction of sp³-hybridized carbons (Fsp3) is 0.412. The van der Waals surface area contributed by atoms with Crippen LogP contribution in [0, 0.1) is 19.7 Å². The first-order valence-corrected chi connectivity index (χ1v) is 7.28. The van der Waals surface area contributed by atoms with E-state index < -0.39 is 0 Å². The van der Waals surface area contributed by atoms with E-state index in [-0.39, 0.29) is 18.2 Å². The monoisotopic (exact) mass is 291 g/mol. The van der Waals surface area contributed by atoms with Crippen molar-refractivity contribution in [3.63, 3.8) is 0 Å². The first-order chi connectivity index (χ1) is 10.1. The van der Waals surface area contributed by atoms with Gasteiger partial charge < -0.3 is 14.5 Å². The van der Waals surface area contributed by atoms with Gasteiger partial charge in [0.1, 0.15) is 18.1 Å². The largest absolute Gasteiger partial charge is 0.483 e. The minimum absolute atomic E-state index is 0.231. The Balaban J connectivity index is 1.97. The summed E-state index contributed by atoms with van der Waals surface area (Å²) in [7, 11) is 0. The molecule has 0 bridgehead atoms. The van der Waals surface area contributed by atoms with Gasteiger partial charge in [-0.15, -0.1) is 0 Å². The molecule has 1 aromatic carbocycles. The third kappa shape index (κ3) is 4.33. The van der Waals surface area contributed by atoms with E-state index in [1.807, 2.05) is 19.9 Å². The number of rotatable bonds is 7. The smallest absolute Gasteiger partial charge is 0.165 e. The zero-order chi connectivity index (χ0) is 15.2. The van der Waals surface area contributed by atoms with Crippen molar-refractivity contribution in [1.82, 2.24) is 5.32 Å². The first kappa shape index (κ1) is 15.6. The van der Waals surface area contributed by atoms with Crippen molar-refractivity contribution >= 4 is 0 Å². The summed E-state index contributed by atoms with van der Waals surface area (Å²) >= 11 is 0. The summed E-state index contributed by atoms with van der Waals surface area (Å²) in [6, 6.07) is 6.79. The van der Waals surface area contributed by atoms with Gasteiger partial charge in [-0.2, -0.15) is 0 Å². The van der Waals surface area contributed by atoms with Crippen LogP contribution in [0.5, 0.6) is 5.75 Å². The molecule has 0 atom stereocenters. The Kier molecular flexibility index (Phi) is 5.39. The van der Waals surface area contributed by atoms with E-state index in [9.17, 15) is 4.39 Å². The lowest BCUT2D eigenvalue weighted by Crippen LogP contribution is -2.13. The van der Waals surface area contributed by atoms with Crippen molar-refractivity contribution in [3.05, 3.63) is 52.7 Å². The molecule has 0 amide bonds. The molecule has 0 saturated heterocycles. The second-order valence-electron chi connectivity index (χ2n) is 5.19. The second kappa shape index (κ2) is 7.27. The molecule has 4 heteroatoms. The van der Waals surface area contributed by atoms with E-state index >= 15 is 0 Å². The van der Waals surface area contributed by atoms with Gasteiger partial charge in [-0.3, -0.25) is 0 Å². The minimum atomic E-state index is -0.353. The Morgan fingerprint density at radius 2 is 2.05 bits per heavy atom. The van der Waals surface area contributed by atoms with Crippen LogP contribution in [-0.4, -0.2) is 6.54 Å². The van der Waals surface area contributed by atoms with Gasteiger partial charge in [0.25, 0.3) is 0 Å². The molecule has 0 unspecified atom stereocenters. The van der Waals surface area contributed by atoms with Crippen LogP contribution in [0.4, 0.5) is 4.39 Å². The SMILES string of the molecule is CCCNCc1cc(COc2cc(C)ccc2F)oc1C. The van der Waals surface area contributed by atoms with Gasteiger partial charge in [0.05, 0.1) is 0 Å². The van der Waals surface area contributed by atoms with E-state index in [2.05, 4.69) is 12.2 Å². The summed E-state index contributed by atoms with van der Waals surface area (Å²) in [5.74, 6) is 1.49. The van der Waals surface area contributed by atoms with E-state index in [0.717, 1.165) is 36.4 Å². The second-order valence-corrected chi connectivity index (χ2v) is 5.19. The summed E-state index contributed by atoms with van der Waals surface area (Å²) < 4.78 is 24.8. The topological polar surface area (TPSA) is 34.4 Å². The van der Waals surface area contributed by atoms with Crippen LogP contribution in [0.25, 0.3) is 0 Å². The molecular weight excluding hydrogens is 269 g/mol. The molecule has 2 aromatic rings. The van der Waals surface area contributed by atoms with Gasteiger partial charge in [-0.25, -0.2) is 4.39 Å². The summed E-state index contributed by atoms with van der Waals surface area (Å²) in [4.78, 5) is 0. The van der Waals surface area contributed by atoms with Gasteiger partial charge in [0, 0.05) is 12.1 Å². The van der Waals surface area contributed by atoms with Crippen molar-refractivity contribution in [1.29, 1.82) is 0 Å². The lowest BCUT2D eigenvalue weighted by atomic mass is 10.2. The van der Waals surface area contributed by atoms with Crippen LogP contribution >= 0.6 is 0 Å². The number of aryl methyl sites for hydroxylation is 2. The number of nitrogens with one attached hydrogen (secondary N) is 1. The van der Waals surface area contributed by atoms with Gasteiger partial charge in [0.2, 0.25) is 0 Å². The lowest BCUT2D eigenvalue weighted by molar-refractivity contribution is 0.256. The third-order valence-corrected chi connectivity index (χ3v) is 3.27. The van der Waals surface area contributed by atoms with E-state index in [1.54, 1.807) is 12.1 Å². The maximum Gasteiger partial charge on any atom is 0.165 e. The molecule has 1 N–H and O–H groups in total. The van der Waals surface area contributed by atoms with E-state index in [4.69, 9.17) is 9.15 Å². The molecule has 3 nitrogen and oxygen atoms in total. The number of benzene rings is 1. The van der Waals surface area contributed by atoms with Crippen molar-refractivity contribution < 1.29 is 13.5 Å². The number of ether oxygens (including phenoxy) is 1. The maximum absolute atomic E-state index is 13.6. The van der Waals surface area contributed by atoms with E-state index in [1.165, 1.54) is 6.07 Å². The zero-order valence-electron chi connectivity index (χ0n) is 12.8.